The highest BCUT2D eigenvalue weighted by atomic mass is 16.5. The number of hydrogen-bond acceptors (Lipinski definition) is 4. The molecule has 1 N–H and O–H groups in total. The van der Waals surface area contributed by atoms with Crippen LogP contribution in [0.3, 0.4) is 0 Å². The normalized spacial score (nSPS) is 9.90. The number of methoxy groups -OCH3 is 1. The van der Waals surface area contributed by atoms with Crippen LogP contribution in [0.15, 0.2) is 42.7 Å². The molecule has 0 saturated heterocycles. The van der Waals surface area contributed by atoms with Crippen molar-refractivity contribution in [3.63, 3.8) is 0 Å². The number of carbonyl (C=O) groups is 2. The lowest BCUT2D eigenvalue weighted by atomic mass is 10.1. The minimum atomic E-state index is -0.491. The summed E-state index contributed by atoms with van der Waals surface area (Å²) in [6.45, 7) is 1.86. The summed E-state index contributed by atoms with van der Waals surface area (Å²) in [6, 6.07) is 8.48. The summed E-state index contributed by atoms with van der Waals surface area (Å²) in [5.41, 5.74) is 2.06. The highest BCUT2D eigenvalue weighted by Crippen LogP contribution is 2.19. The Balaban J connectivity index is 2.30. The Bertz CT molecular complexity index is 639. The molecule has 0 radical (unpaired) electrons. The lowest BCUT2D eigenvalue weighted by molar-refractivity contribution is 0.0602. The van der Waals surface area contributed by atoms with Gasteiger partial charge in [0.15, 0.2) is 0 Å². The molecule has 5 nitrogen and oxygen atoms in total. The molecule has 2 aromatic rings. The van der Waals surface area contributed by atoms with Crippen LogP contribution in [-0.2, 0) is 4.74 Å². The molecule has 1 heterocycles. The third-order valence-electron chi connectivity index (χ3n) is 2.75. The molecule has 102 valence electrons. The van der Waals surface area contributed by atoms with Crippen LogP contribution in [0, 0.1) is 6.92 Å². The molecule has 0 aliphatic rings. The molecule has 0 aliphatic heterocycles. The fourth-order valence-corrected chi connectivity index (χ4v) is 1.74. The van der Waals surface area contributed by atoms with E-state index in [1.807, 2.05) is 13.0 Å². The number of esters is 1. The number of hydrogen-bond donors (Lipinski definition) is 1. The zero-order chi connectivity index (χ0) is 14.5. The second-order valence-corrected chi connectivity index (χ2v) is 4.24. The number of aryl methyl sites for hydroxylation is 1. The summed E-state index contributed by atoms with van der Waals surface area (Å²) in [7, 11) is 1.30. The van der Waals surface area contributed by atoms with Crippen molar-refractivity contribution in [1.29, 1.82) is 0 Å². The number of nitrogens with one attached hydrogen (secondary N) is 1. The summed E-state index contributed by atoms with van der Waals surface area (Å²) in [5.74, 6) is -0.817. The van der Waals surface area contributed by atoms with Crippen LogP contribution in [0.5, 0.6) is 0 Å². The number of ether oxygens (including phenoxy) is 1. The van der Waals surface area contributed by atoms with Crippen LogP contribution in [0.2, 0.25) is 0 Å². The van der Waals surface area contributed by atoms with Crippen LogP contribution in [-0.4, -0.2) is 24.0 Å². The van der Waals surface area contributed by atoms with Crippen molar-refractivity contribution in [2.75, 3.05) is 12.4 Å². The third kappa shape index (κ3) is 3.00. The topological polar surface area (TPSA) is 68.3 Å². The molecule has 20 heavy (non-hydrogen) atoms. The predicted octanol–water partition coefficient (Wildman–Crippen LogP) is 2.43. The Kier molecular flexibility index (Phi) is 4.10. The molecule has 1 amide bonds. The van der Waals surface area contributed by atoms with Crippen molar-refractivity contribution in [3.05, 3.63) is 59.4 Å². The number of pyridine rings is 1. The number of carbonyl (C=O) groups excluding carboxylic acids is 2. The Hall–Kier alpha value is -2.69. The summed E-state index contributed by atoms with van der Waals surface area (Å²) in [5, 5.41) is 2.69. The van der Waals surface area contributed by atoms with Gasteiger partial charge in [-0.15, -0.1) is 0 Å². The van der Waals surface area contributed by atoms with Crippen molar-refractivity contribution < 1.29 is 14.3 Å². The summed E-state index contributed by atoms with van der Waals surface area (Å²) < 4.78 is 4.72. The van der Waals surface area contributed by atoms with Gasteiger partial charge < -0.3 is 10.1 Å². The fourth-order valence-electron chi connectivity index (χ4n) is 1.74. The molecule has 0 unspecified atom stereocenters. The molecule has 1 aromatic heterocycles. The number of anilines is 1. The number of rotatable bonds is 3. The smallest absolute Gasteiger partial charge is 0.339 e. The summed E-state index contributed by atoms with van der Waals surface area (Å²) in [6.07, 6.45) is 3.05. The zero-order valence-corrected chi connectivity index (χ0v) is 11.2. The molecule has 5 heteroatoms. The minimum absolute atomic E-state index is 0.324. The van der Waals surface area contributed by atoms with Gasteiger partial charge in [-0.1, -0.05) is 11.6 Å². The van der Waals surface area contributed by atoms with Gasteiger partial charge in [-0.05, 0) is 31.2 Å². The molecule has 1 aromatic carbocycles. The number of aromatic nitrogens is 1. The Morgan fingerprint density at radius 3 is 2.70 bits per heavy atom. The maximum absolute atomic E-state index is 12.1. The van der Waals surface area contributed by atoms with Gasteiger partial charge in [-0.2, -0.15) is 0 Å². The van der Waals surface area contributed by atoms with Crippen LogP contribution >= 0.6 is 0 Å². The summed E-state index contributed by atoms with van der Waals surface area (Å²) >= 11 is 0. The lowest BCUT2D eigenvalue weighted by Gasteiger charge is -2.10. The maximum Gasteiger partial charge on any atom is 0.339 e. The molecule has 0 fully saturated rings. The molecular formula is C15H14N2O3. The van der Waals surface area contributed by atoms with Crippen molar-refractivity contribution in [3.8, 4) is 0 Å². The average Bonchev–Trinajstić information content (AvgIpc) is 2.49. The lowest BCUT2D eigenvalue weighted by Crippen LogP contribution is -2.15. The first-order valence-electron chi connectivity index (χ1n) is 6.02. The van der Waals surface area contributed by atoms with Gasteiger partial charge in [0.25, 0.3) is 5.91 Å². The Morgan fingerprint density at radius 2 is 2.05 bits per heavy atom. The van der Waals surface area contributed by atoms with E-state index in [-0.39, 0.29) is 5.91 Å². The Labute approximate surface area is 116 Å². The van der Waals surface area contributed by atoms with E-state index in [0.717, 1.165) is 5.56 Å². The van der Waals surface area contributed by atoms with Gasteiger partial charge in [-0.25, -0.2) is 4.79 Å². The van der Waals surface area contributed by atoms with Gasteiger partial charge in [-0.3, -0.25) is 9.78 Å². The van der Waals surface area contributed by atoms with Crippen molar-refractivity contribution in [1.82, 2.24) is 4.98 Å². The molecule has 0 saturated carbocycles. The zero-order valence-electron chi connectivity index (χ0n) is 11.2. The fraction of sp³-hybridized carbons (Fsp3) is 0.133. The van der Waals surface area contributed by atoms with E-state index in [0.29, 0.717) is 16.8 Å². The SMILES string of the molecule is COC(=O)c1cc(C)ccc1NC(=O)c1cccnc1. The number of benzene rings is 1. The van der Waals surface area contributed by atoms with Crippen LogP contribution < -0.4 is 5.32 Å². The van der Waals surface area contributed by atoms with E-state index >= 15 is 0 Å². The molecule has 0 spiro atoms. The first-order valence-corrected chi connectivity index (χ1v) is 6.02. The molecular weight excluding hydrogens is 256 g/mol. The first kappa shape index (κ1) is 13.7. The van der Waals surface area contributed by atoms with E-state index in [4.69, 9.17) is 4.74 Å². The predicted molar refractivity (Wildman–Crippen MR) is 74.7 cm³/mol. The van der Waals surface area contributed by atoms with E-state index in [9.17, 15) is 9.59 Å². The second-order valence-electron chi connectivity index (χ2n) is 4.24. The highest BCUT2D eigenvalue weighted by molar-refractivity contribution is 6.07. The third-order valence-corrected chi connectivity index (χ3v) is 2.75. The quantitative estimate of drug-likeness (QED) is 0.870. The standard InChI is InChI=1S/C15H14N2O3/c1-10-5-6-13(12(8-10)15(19)20-2)17-14(18)11-4-3-7-16-9-11/h3-9H,1-2H3,(H,17,18). The van der Waals surface area contributed by atoms with Crippen LogP contribution in [0.1, 0.15) is 26.3 Å². The van der Waals surface area contributed by atoms with Gasteiger partial charge in [0, 0.05) is 12.4 Å². The molecule has 0 atom stereocenters. The molecule has 2 rings (SSSR count). The van der Waals surface area contributed by atoms with Gasteiger partial charge in [0.05, 0.1) is 23.9 Å². The monoisotopic (exact) mass is 270 g/mol. The first-order chi connectivity index (χ1) is 9.61. The summed E-state index contributed by atoms with van der Waals surface area (Å²) in [4.78, 5) is 27.7. The minimum Gasteiger partial charge on any atom is -0.465 e. The molecule has 0 aliphatic carbocycles. The Morgan fingerprint density at radius 1 is 1.25 bits per heavy atom. The molecule has 0 bridgehead atoms. The number of amides is 1. The van der Waals surface area contributed by atoms with Gasteiger partial charge in [0.1, 0.15) is 0 Å². The average molecular weight is 270 g/mol. The number of nitrogens with zero attached hydrogens (tertiary/aromatic N) is 1. The van der Waals surface area contributed by atoms with Crippen molar-refractivity contribution in [2.45, 2.75) is 6.92 Å². The second kappa shape index (κ2) is 5.97. The van der Waals surface area contributed by atoms with E-state index in [1.54, 1.807) is 30.5 Å². The van der Waals surface area contributed by atoms with Crippen molar-refractivity contribution in [2.24, 2.45) is 0 Å². The van der Waals surface area contributed by atoms with E-state index in [2.05, 4.69) is 10.3 Å². The van der Waals surface area contributed by atoms with Crippen LogP contribution in [0.4, 0.5) is 5.69 Å². The highest BCUT2D eigenvalue weighted by Gasteiger charge is 2.15. The van der Waals surface area contributed by atoms with Crippen LogP contribution in [0.25, 0.3) is 0 Å². The van der Waals surface area contributed by atoms with Crippen molar-refractivity contribution >= 4 is 17.6 Å². The van der Waals surface area contributed by atoms with Gasteiger partial charge in [0.2, 0.25) is 0 Å². The van der Waals surface area contributed by atoms with E-state index < -0.39 is 5.97 Å². The van der Waals surface area contributed by atoms with E-state index in [1.165, 1.54) is 13.3 Å². The van der Waals surface area contributed by atoms with Gasteiger partial charge >= 0.3 is 5.97 Å². The maximum atomic E-state index is 12.1. The largest absolute Gasteiger partial charge is 0.465 e.